The van der Waals surface area contributed by atoms with E-state index in [1.165, 1.54) is 11.1 Å². The van der Waals surface area contributed by atoms with Crippen molar-refractivity contribution in [1.29, 1.82) is 5.26 Å². The number of nitrogens with one attached hydrogen (secondary N) is 1. The molecule has 4 rings (SSSR count). The predicted molar refractivity (Wildman–Crippen MR) is 110 cm³/mol. The fourth-order valence-corrected chi connectivity index (χ4v) is 4.16. The second-order valence-corrected chi connectivity index (χ2v) is 7.26. The molecule has 0 saturated heterocycles. The van der Waals surface area contributed by atoms with E-state index >= 15 is 0 Å². The van der Waals surface area contributed by atoms with E-state index < -0.39 is 0 Å². The van der Waals surface area contributed by atoms with Gasteiger partial charge in [-0.05, 0) is 66.8 Å². The normalized spacial score (nSPS) is 18.0. The van der Waals surface area contributed by atoms with Crippen LogP contribution in [0.25, 0.3) is 5.70 Å². The topological polar surface area (TPSA) is 54.3 Å². The monoisotopic (exact) mass is 392 g/mol. The fraction of sp³-hybridized carbons (Fsp3) is 0.261. The minimum atomic E-state index is -0.143. The molecule has 0 bridgehead atoms. The SMILES string of the molecule is CCOC1=C(C#N)C(c2ccc(Cl)cc2)C2=C(N1)c1ccc(OC)cc1CC2. The standard InChI is InChI=1S/C23H21ClN2O2/c1-3-28-23-20(13-25)21(14-4-7-16(24)8-5-14)19-10-6-15-12-17(27-2)9-11-18(15)22(19)26-23/h4-5,7-9,11-12,21,26H,3,6,10H2,1-2H3. The highest BCUT2D eigenvalue weighted by atomic mass is 35.5. The largest absolute Gasteiger partial charge is 0.497 e. The van der Waals surface area contributed by atoms with Gasteiger partial charge in [-0.1, -0.05) is 23.7 Å². The molecule has 2 aromatic rings. The first-order valence-corrected chi connectivity index (χ1v) is 9.74. The van der Waals surface area contributed by atoms with Gasteiger partial charge in [0.25, 0.3) is 0 Å². The van der Waals surface area contributed by atoms with E-state index in [1.54, 1.807) is 7.11 Å². The van der Waals surface area contributed by atoms with E-state index in [-0.39, 0.29) is 5.92 Å². The molecule has 142 valence electrons. The molecule has 1 unspecified atom stereocenters. The second-order valence-electron chi connectivity index (χ2n) is 6.82. The van der Waals surface area contributed by atoms with Crippen molar-refractivity contribution in [3.05, 3.63) is 81.2 Å². The number of halogens is 1. The average molecular weight is 393 g/mol. The van der Waals surface area contributed by atoms with Crippen LogP contribution < -0.4 is 10.1 Å². The summed E-state index contributed by atoms with van der Waals surface area (Å²) in [6.07, 6.45) is 1.76. The summed E-state index contributed by atoms with van der Waals surface area (Å²) in [5.41, 5.74) is 6.27. The Morgan fingerprint density at radius 3 is 2.64 bits per heavy atom. The number of fused-ring (bicyclic) bond motifs is 2. The molecular weight excluding hydrogens is 372 g/mol. The molecule has 0 spiro atoms. The quantitative estimate of drug-likeness (QED) is 0.780. The van der Waals surface area contributed by atoms with Crippen molar-refractivity contribution in [3.63, 3.8) is 0 Å². The summed E-state index contributed by atoms with van der Waals surface area (Å²) in [6, 6.07) is 16.2. The number of methoxy groups -OCH3 is 1. The third-order valence-corrected chi connectivity index (χ3v) is 5.55. The van der Waals surface area contributed by atoms with E-state index in [1.807, 2.05) is 37.3 Å². The number of nitriles is 1. The molecule has 0 saturated carbocycles. The maximum absolute atomic E-state index is 9.94. The van der Waals surface area contributed by atoms with Crippen LogP contribution in [0.15, 0.2) is 59.5 Å². The molecule has 1 aliphatic heterocycles. The van der Waals surface area contributed by atoms with Gasteiger partial charge in [0.15, 0.2) is 0 Å². The summed E-state index contributed by atoms with van der Waals surface area (Å²) in [4.78, 5) is 0. The number of rotatable bonds is 4. The molecule has 4 nitrogen and oxygen atoms in total. The van der Waals surface area contributed by atoms with Crippen molar-refractivity contribution >= 4 is 17.3 Å². The molecule has 2 aliphatic rings. The maximum atomic E-state index is 9.94. The number of ether oxygens (including phenoxy) is 2. The number of dihydropyridines is 1. The predicted octanol–water partition coefficient (Wildman–Crippen LogP) is 5.16. The van der Waals surface area contributed by atoms with Crippen LogP contribution in [0.5, 0.6) is 5.75 Å². The molecule has 1 heterocycles. The number of allylic oxidation sites excluding steroid dienone is 2. The highest BCUT2D eigenvalue weighted by Crippen LogP contribution is 2.46. The molecule has 0 radical (unpaired) electrons. The minimum absolute atomic E-state index is 0.143. The maximum Gasteiger partial charge on any atom is 0.206 e. The number of aryl methyl sites for hydroxylation is 1. The smallest absolute Gasteiger partial charge is 0.206 e. The molecule has 2 aromatic carbocycles. The van der Waals surface area contributed by atoms with E-state index in [0.29, 0.717) is 23.1 Å². The summed E-state index contributed by atoms with van der Waals surface area (Å²) in [5.74, 6) is 1.24. The zero-order chi connectivity index (χ0) is 19.7. The zero-order valence-corrected chi connectivity index (χ0v) is 16.6. The molecular formula is C23H21ClN2O2. The van der Waals surface area contributed by atoms with E-state index in [0.717, 1.165) is 35.4 Å². The van der Waals surface area contributed by atoms with Crippen LogP contribution in [0.4, 0.5) is 0 Å². The Morgan fingerprint density at radius 2 is 1.96 bits per heavy atom. The Labute approximate surface area is 170 Å². The van der Waals surface area contributed by atoms with Crippen molar-refractivity contribution < 1.29 is 9.47 Å². The van der Waals surface area contributed by atoms with Crippen molar-refractivity contribution in [1.82, 2.24) is 5.32 Å². The van der Waals surface area contributed by atoms with Gasteiger partial charge in [0.05, 0.1) is 13.7 Å². The fourth-order valence-electron chi connectivity index (χ4n) is 4.03. The summed E-state index contributed by atoms with van der Waals surface area (Å²) in [7, 11) is 1.68. The molecule has 1 aliphatic carbocycles. The third kappa shape index (κ3) is 3.12. The van der Waals surface area contributed by atoms with Crippen LogP contribution in [0, 0.1) is 11.3 Å². The molecule has 1 N–H and O–H groups in total. The molecule has 0 fully saturated rings. The summed E-state index contributed by atoms with van der Waals surface area (Å²) in [5, 5.41) is 14.0. The zero-order valence-electron chi connectivity index (χ0n) is 15.9. The number of benzene rings is 2. The van der Waals surface area contributed by atoms with Gasteiger partial charge in [0, 0.05) is 22.2 Å². The van der Waals surface area contributed by atoms with Crippen molar-refractivity contribution in [2.75, 3.05) is 13.7 Å². The lowest BCUT2D eigenvalue weighted by Crippen LogP contribution is -2.29. The van der Waals surface area contributed by atoms with Crippen LogP contribution in [0.1, 0.15) is 36.0 Å². The highest BCUT2D eigenvalue weighted by molar-refractivity contribution is 6.30. The van der Waals surface area contributed by atoms with Crippen LogP contribution in [-0.2, 0) is 11.2 Å². The molecule has 5 heteroatoms. The van der Waals surface area contributed by atoms with Gasteiger partial charge in [-0.25, -0.2) is 0 Å². The average Bonchev–Trinajstić information content (AvgIpc) is 2.73. The van der Waals surface area contributed by atoms with Crippen LogP contribution in [0.3, 0.4) is 0 Å². The van der Waals surface area contributed by atoms with E-state index in [9.17, 15) is 5.26 Å². The van der Waals surface area contributed by atoms with Gasteiger partial charge in [-0.15, -0.1) is 0 Å². The van der Waals surface area contributed by atoms with Crippen LogP contribution in [-0.4, -0.2) is 13.7 Å². The van der Waals surface area contributed by atoms with Crippen molar-refractivity contribution in [3.8, 4) is 11.8 Å². The first kappa shape index (κ1) is 18.5. The lowest BCUT2D eigenvalue weighted by molar-refractivity contribution is 0.209. The van der Waals surface area contributed by atoms with Gasteiger partial charge in [-0.3, -0.25) is 0 Å². The molecule has 28 heavy (non-hydrogen) atoms. The highest BCUT2D eigenvalue weighted by Gasteiger charge is 2.35. The lowest BCUT2D eigenvalue weighted by Gasteiger charge is -2.35. The van der Waals surface area contributed by atoms with Crippen LogP contribution in [0.2, 0.25) is 5.02 Å². The molecule has 1 atom stereocenters. The Kier molecular flexibility index (Phi) is 5.02. The van der Waals surface area contributed by atoms with Crippen LogP contribution >= 0.6 is 11.6 Å². The lowest BCUT2D eigenvalue weighted by atomic mass is 9.75. The first-order chi connectivity index (χ1) is 13.7. The Balaban J connectivity index is 1.89. The summed E-state index contributed by atoms with van der Waals surface area (Å²) in [6.45, 7) is 2.41. The Morgan fingerprint density at radius 1 is 1.18 bits per heavy atom. The molecule has 0 amide bonds. The van der Waals surface area contributed by atoms with E-state index in [4.69, 9.17) is 21.1 Å². The van der Waals surface area contributed by atoms with Gasteiger partial charge < -0.3 is 14.8 Å². The Hall–Kier alpha value is -2.90. The molecule has 0 aromatic heterocycles. The van der Waals surface area contributed by atoms with Gasteiger partial charge in [0.2, 0.25) is 5.88 Å². The summed E-state index contributed by atoms with van der Waals surface area (Å²) < 4.78 is 11.2. The Bertz CT molecular complexity index is 1020. The number of nitrogens with zero attached hydrogens (tertiary/aromatic N) is 1. The van der Waals surface area contributed by atoms with Gasteiger partial charge in [0.1, 0.15) is 17.4 Å². The summed E-state index contributed by atoms with van der Waals surface area (Å²) >= 11 is 6.09. The number of hydrogen-bond donors (Lipinski definition) is 1. The van der Waals surface area contributed by atoms with Gasteiger partial charge in [-0.2, -0.15) is 5.26 Å². The first-order valence-electron chi connectivity index (χ1n) is 9.36. The number of hydrogen-bond acceptors (Lipinski definition) is 4. The van der Waals surface area contributed by atoms with E-state index in [2.05, 4.69) is 23.5 Å². The third-order valence-electron chi connectivity index (χ3n) is 5.30. The van der Waals surface area contributed by atoms with Crippen molar-refractivity contribution in [2.24, 2.45) is 0 Å². The van der Waals surface area contributed by atoms with Gasteiger partial charge >= 0.3 is 0 Å². The van der Waals surface area contributed by atoms with Crippen molar-refractivity contribution in [2.45, 2.75) is 25.7 Å². The second kappa shape index (κ2) is 7.61. The minimum Gasteiger partial charge on any atom is -0.497 e.